The Morgan fingerprint density at radius 1 is 1.06 bits per heavy atom. The molecule has 94 valence electrons. The van der Waals surface area contributed by atoms with Crippen LogP contribution in [0, 0.1) is 0 Å². The maximum atomic E-state index is 6.03. The summed E-state index contributed by atoms with van der Waals surface area (Å²) >= 11 is 6.03. The molecule has 0 bridgehead atoms. The van der Waals surface area contributed by atoms with Gasteiger partial charge in [0, 0.05) is 11.1 Å². The van der Waals surface area contributed by atoms with E-state index in [9.17, 15) is 0 Å². The first-order valence-corrected chi connectivity index (χ1v) is 6.68. The van der Waals surface area contributed by atoms with Crippen molar-refractivity contribution in [3.05, 3.63) is 59.1 Å². The van der Waals surface area contributed by atoms with Crippen molar-refractivity contribution in [3.8, 4) is 11.1 Å². The molecule has 0 aromatic heterocycles. The van der Waals surface area contributed by atoms with Crippen molar-refractivity contribution >= 4 is 11.6 Å². The summed E-state index contributed by atoms with van der Waals surface area (Å²) in [5, 5.41) is 4.20. The molecular formula is C16H18ClN. The number of halogens is 1. The molecule has 0 aliphatic rings. The van der Waals surface area contributed by atoms with Gasteiger partial charge in [0.1, 0.15) is 0 Å². The van der Waals surface area contributed by atoms with Crippen LogP contribution < -0.4 is 5.32 Å². The topological polar surface area (TPSA) is 12.0 Å². The molecule has 2 heteroatoms. The second-order valence-electron chi connectivity index (χ2n) is 4.42. The summed E-state index contributed by atoms with van der Waals surface area (Å²) in [6, 6.07) is 16.9. The number of hydrogen-bond donors (Lipinski definition) is 1. The zero-order valence-corrected chi connectivity index (χ0v) is 11.5. The van der Waals surface area contributed by atoms with Gasteiger partial charge in [-0.3, -0.25) is 0 Å². The lowest BCUT2D eigenvalue weighted by atomic mass is 10.0. The van der Waals surface area contributed by atoms with Gasteiger partial charge in [-0.2, -0.15) is 0 Å². The van der Waals surface area contributed by atoms with Gasteiger partial charge in [0.2, 0.25) is 0 Å². The highest BCUT2D eigenvalue weighted by molar-refractivity contribution is 6.30. The molecular weight excluding hydrogens is 242 g/mol. The Labute approximate surface area is 114 Å². The van der Waals surface area contributed by atoms with Crippen molar-refractivity contribution in [1.29, 1.82) is 0 Å². The SMILES string of the molecule is CCNC(C)c1cccc(-c2cccc(Cl)c2)c1. The first-order chi connectivity index (χ1) is 8.70. The van der Waals surface area contributed by atoms with Crippen LogP contribution in [0.4, 0.5) is 0 Å². The molecule has 1 unspecified atom stereocenters. The Morgan fingerprint density at radius 3 is 2.39 bits per heavy atom. The van der Waals surface area contributed by atoms with Gasteiger partial charge < -0.3 is 5.32 Å². The van der Waals surface area contributed by atoms with Crippen LogP contribution in [0.3, 0.4) is 0 Å². The van der Waals surface area contributed by atoms with Gasteiger partial charge in [-0.1, -0.05) is 48.9 Å². The lowest BCUT2D eigenvalue weighted by Crippen LogP contribution is -2.17. The molecule has 0 aliphatic heterocycles. The minimum atomic E-state index is 0.370. The molecule has 0 saturated heterocycles. The lowest BCUT2D eigenvalue weighted by Gasteiger charge is -2.14. The van der Waals surface area contributed by atoms with Gasteiger partial charge in [0.05, 0.1) is 0 Å². The third-order valence-corrected chi connectivity index (χ3v) is 3.29. The number of hydrogen-bond acceptors (Lipinski definition) is 1. The third kappa shape index (κ3) is 3.12. The van der Waals surface area contributed by atoms with E-state index >= 15 is 0 Å². The highest BCUT2D eigenvalue weighted by Gasteiger charge is 2.05. The van der Waals surface area contributed by atoms with E-state index in [1.807, 2.05) is 18.2 Å². The minimum absolute atomic E-state index is 0.370. The molecule has 0 fully saturated rings. The lowest BCUT2D eigenvalue weighted by molar-refractivity contribution is 0.598. The first-order valence-electron chi connectivity index (χ1n) is 6.30. The van der Waals surface area contributed by atoms with Crippen LogP contribution in [0.15, 0.2) is 48.5 Å². The molecule has 2 rings (SSSR count). The van der Waals surface area contributed by atoms with Gasteiger partial charge in [-0.15, -0.1) is 0 Å². The van der Waals surface area contributed by atoms with E-state index < -0.39 is 0 Å². The Balaban J connectivity index is 2.32. The predicted octanol–water partition coefficient (Wildman–Crippen LogP) is 4.68. The van der Waals surface area contributed by atoms with E-state index in [4.69, 9.17) is 11.6 Å². The van der Waals surface area contributed by atoms with Gasteiger partial charge >= 0.3 is 0 Å². The smallest absolute Gasteiger partial charge is 0.0412 e. The van der Waals surface area contributed by atoms with Crippen molar-refractivity contribution in [2.24, 2.45) is 0 Å². The third-order valence-electron chi connectivity index (χ3n) is 3.05. The molecule has 1 nitrogen and oxygen atoms in total. The second kappa shape index (κ2) is 6.03. The standard InChI is InChI=1S/C16H18ClN/c1-3-18-12(2)13-6-4-7-14(10-13)15-8-5-9-16(17)11-15/h4-12,18H,3H2,1-2H3. The Hall–Kier alpha value is -1.31. The maximum absolute atomic E-state index is 6.03. The Morgan fingerprint density at radius 2 is 1.72 bits per heavy atom. The quantitative estimate of drug-likeness (QED) is 0.841. The fourth-order valence-electron chi connectivity index (χ4n) is 2.08. The molecule has 0 amide bonds. The highest BCUT2D eigenvalue weighted by Crippen LogP contribution is 2.25. The summed E-state index contributed by atoms with van der Waals surface area (Å²) in [6.45, 7) is 5.28. The van der Waals surface area contributed by atoms with Gasteiger partial charge in [-0.05, 0) is 48.4 Å². The minimum Gasteiger partial charge on any atom is -0.310 e. The number of benzene rings is 2. The van der Waals surface area contributed by atoms with E-state index in [0.29, 0.717) is 6.04 Å². The van der Waals surface area contributed by atoms with Crippen molar-refractivity contribution in [3.63, 3.8) is 0 Å². The summed E-state index contributed by atoms with van der Waals surface area (Å²) in [5.74, 6) is 0. The molecule has 1 atom stereocenters. The monoisotopic (exact) mass is 259 g/mol. The van der Waals surface area contributed by atoms with Crippen LogP contribution in [0.5, 0.6) is 0 Å². The van der Waals surface area contributed by atoms with Gasteiger partial charge in [0.15, 0.2) is 0 Å². The summed E-state index contributed by atoms with van der Waals surface area (Å²) in [7, 11) is 0. The van der Waals surface area contributed by atoms with Crippen molar-refractivity contribution < 1.29 is 0 Å². The summed E-state index contributed by atoms with van der Waals surface area (Å²) in [5.41, 5.74) is 3.67. The van der Waals surface area contributed by atoms with Crippen LogP contribution in [0.2, 0.25) is 5.02 Å². The molecule has 0 saturated carbocycles. The average molecular weight is 260 g/mol. The summed E-state index contributed by atoms with van der Waals surface area (Å²) in [6.07, 6.45) is 0. The molecule has 0 radical (unpaired) electrons. The van der Waals surface area contributed by atoms with Crippen molar-refractivity contribution in [2.75, 3.05) is 6.54 Å². The molecule has 0 aliphatic carbocycles. The average Bonchev–Trinajstić information content (AvgIpc) is 2.39. The van der Waals surface area contributed by atoms with E-state index in [0.717, 1.165) is 17.1 Å². The molecule has 0 heterocycles. The van der Waals surface area contributed by atoms with Gasteiger partial charge in [-0.25, -0.2) is 0 Å². The van der Waals surface area contributed by atoms with Crippen molar-refractivity contribution in [2.45, 2.75) is 19.9 Å². The number of rotatable bonds is 4. The molecule has 1 N–H and O–H groups in total. The van der Waals surface area contributed by atoms with Crippen LogP contribution in [-0.4, -0.2) is 6.54 Å². The fraction of sp³-hybridized carbons (Fsp3) is 0.250. The Kier molecular flexibility index (Phi) is 4.40. The predicted molar refractivity (Wildman–Crippen MR) is 79.0 cm³/mol. The van der Waals surface area contributed by atoms with Crippen LogP contribution >= 0.6 is 11.6 Å². The molecule has 2 aromatic carbocycles. The van der Waals surface area contributed by atoms with Crippen LogP contribution in [-0.2, 0) is 0 Å². The summed E-state index contributed by atoms with van der Waals surface area (Å²) in [4.78, 5) is 0. The molecule has 2 aromatic rings. The number of nitrogens with one attached hydrogen (secondary N) is 1. The zero-order valence-electron chi connectivity index (χ0n) is 10.8. The van der Waals surface area contributed by atoms with Gasteiger partial charge in [0.25, 0.3) is 0 Å². The second-order valence-corrected chi connectivity index (χ2v) is 4.85. The normalized spacial score (nSPS) is 12.4. The summed E-state index contributed by atoms with van der Waals surface area (Å²) < 4.78 is 0. The largest absolute Gasteiger partial charge is 0.310 e. The zero-order chi connectivity index (χ0) is 13.0. The first kappa shape index (κ1) is 13.1. The highest BCUT2D eigenvalue weighted by atomic mass is 35.5. The maximum Gasteiger partial charge on any atom is 0.0412 e. The van der Waals surface area contributed by atoms with Crippen LogP contribution in [0.25, 0.3) is 11.1 Å². The fourth-order valence-corrected chi connectivity index (χ4v) is 2.27. The van der Waals surface area contributed by atoms with Crippen LogP contribution in [0.1, 0.15) is 25.5 Å². The Bertz CT molecular complexity index is 522. The van der Waals surface area contributed by atoms with E-state index in [1.165, 1.54) is 11.1 Å². The van der Waals surface area contributed by atoms with E-state index in [2.05, 4.69) is 49.5 Å². The van der Waals surface area contributed by atoms with E-state index in [1.54, 1.807) is 0 Å². The van der Waals surface area contributed by atoms with Crippen molar-refractivity contribution in [1.82, 2.24) is 5.32 Å². The molecule has 18 heavy (non-hydrogen) atoms. The molecule has 0 spiro atoms. The van der Waals surface area contributed by atoms with E-state index in [-0.39, 0.29) is 0 Å².